The highest BCUT2D eigenvalue weighted by Crippen LogP contribution is 2.38. The minimum atomic E-state index is 1.10. The first kappa shape index (κ1) is 9.17. The topological polar surface area (TPSA) is 0 Å². The molecule has 0 atom stereocenters. The van der Waals surface area contributed by atoms with Gasteiger partial charge in [-0.2, -0.15) is 0 Å². The van der Waals surface area contributed by atoms with Crippen molar-refractivity contribution in [1.29, 1.82) is 0 Å². The Balaban J connectivity index is 2.23. The second kappa shape index (κ2) is 3.49. The molecule has 0 radical (unpaired) electrons. The highest BCUT2D eigenvalue weighted by molar-refractivity contribution is 7.13. The van der Waals surface area contributed by atoms with E-state index in [0.29, 0.717) is 0 Å². The summed E-state index contributed by atoms with van der Waals surface area (Å²) in [4.78, 5) is 3.10. The van der Waals surface area contributed by atoms with Crippen LogP contribution in [-0.2, 0) is 12.8 Å². The minimum absolute atomic E-state index is 1.10. The SMILES string of the molecule is CC1=CC=CCc2c1sc1c2C=CCC1. The van der Waals surface area contributed by atoms with Crippen LogP contribution in [0.4, 0.5) is 0 Å². The first-order valence-electron chi connectivity index (χ1n) is 5.51. The normalized spacial score (nSPS) is 18.1. The van der Waals surface area contributed by atoms with Crippen molar-refractivity contribution in [2.24, 2.45) is 0 Å². The van der Waals surface area contributed by atoms with Crippen LogP contribution < -0.4 is 0 Å². The van der Waals surface area contributed by atoms with Gasteiger partial charge in [-0.05, 0) is 42.9 Å². The average molecular weight is 214 g/mol. The van der Waals surface area contributed by atoms with Gasteiger partial charge >= 0.3 is 0 Å². The molecule has 0 nitrogen and oxygen atoms in total. The number of aryl methyl sites for hydroxylation is 1. The van der Waals surface area contributed by atoms with Crippen LogP contribution in [0.3, 0.4) is 0 Å². The Labute approximate surface area is 94.6 Å². The number of hydrogen-bond donors (Lipinski definition) is 0. The summed E-state index contributed by atoms with van der Waals surface area (Å²) in [7, 11) is 0. The van der Waals surface area contributed by atoms with Crippen molar-refractivity contribution in [1.82, 2.24) is 0 Å². The quantitative estimate of drug-likeness (QED) is 0.606. The Morgan fingerprint density at radius 3 is 3.13 bits per heavy atom. The number of rotatable bonds is 0. The van der Waals surface area contributed by atoms with Gasteiger partial charge < -0.3 is 0 Å². The lowest BCUT2D eigenvalue weighted by Crippen LogP contribution is -1.91. The molecule has 1 aromatic heterocycles. The van der Waals surface area contributed by atoms with Crippen molar-refractivity contribution in [3.63, 3.8) is 0 Å². The minimum Gasteiger partial charge on any atom is -0.140 e. The zero-order chi connectivity index (χ0) is 10.3. The van der Waals surface area contributed by atoms with Gasteiger partial charge in [0, 0.05) is 9.75 Å². The molecule has 0 unspecified atom stereocenters. The van der Waals surface area contributed by atoms with Crippen LogP contribution in [-0.4, -0.2) is 0 Å². The fourth-order valence-electron chi connectivity index (χ4n) is 2.32. The molecule has 3 rings (SSSR count). The molecule has 0 spiro atoms. The molecule has 2 aliphatic carbocycles. The smallest absolute Gasteiger partial charge is 0.0343 e. The molecule has 1 heterocycles. The average Bonchev–Trinajstić information content (AvgIpc) is 2.54. The first-order chi connectivity index (χ1) is 7.36. The molecule has 0 saturated heterocycles. The lowest BCUT2D eigenvalue weighted by Gasteiger charge is -2.05. The summed E-state index contributed by atoms with van der Waals surface area (Å²) in [5, 5.41) is 0. The van der Waals surface area contributed by atoms with Crippen LogP contribution in [0.2, 0.25) is 0 Å². The number of hydrogen-bond acceptors (Lipinski definition) is 1. The van der Waals surface area contributed by atoms with Crippen molar-refractivity contribution in [2.45, 2.75) is 26.2 Å². The van der Waals surface area contributed by atoms with E-state index in [1.165, 1.54) is 28.9 Å². The van der Waals surface area contributed by atoms with Crippen LogP contribution in [0, 0.1) is 0 Å². The third kappa shape index (κ3) is 1.42. The Kier molecular flexibility index (Phi) is 2.14. The van der Waals surface area contributed by atoms with E-state index in [4.69, 9.17) is 0 Å². The fourth-order valence-corrected chi connectivity index (χ4v) is 3.63. The molecule has 76 valence electrons. The molecule has 1 heteroatoms. The second-order valence-electron chi connectivity index (χ2n) is 4.17. The van der Waals surface area contributed by atoms with E-state index in [1.807, 2.05) is 11.3 Å². The van der Waals surface area contributed by atoms with Crippen LogP contribution >= 0.6 is 11.3 Å². The van der Waals surface area contributed by atoms with Gasteiger partial charge in [-0.3, -0.25) is 0 Å². The van der Waals surface area contributed by atoms with Gasteiger partial charge in [-0.25, -0.2) is 0 Å². The van der Waals surface area contributed by atoms with Crippen molar-refractivity contribution < 1.29 is 0 Å². The maximum absolute atomic E-state index is 2.32. The highest BCUT2D eigenvalue weighted by Gasteiger charge is 2.18. The molecule has 0 N–H and O–H groups in total. The summed E-state index contributed by atoms with van der Waals surface area (Å²) in [6.07, 6.45) is 14.9. The lowest BCUT2D eigenvalue weighted by molar-refractivity contribution is 1.01. The Hall–Kier alpha value is -1.08. The molecule has 0 fully saturated rings. The molecule has 0 aromatic carbocycles. The summed E-state index contributed by atoms with van der Waals surface area (Å²) in [5.74, 6) is 0. The number of thiophene rings is 1. The number of allylic oxidation sites excluding steroid dienone is 5. The Bertz CT molecular complexity index is 484. The van der Waals surface area contributed by atoms with Gasteiger partial charge in [0.2, 0.25) is 0 Å². The molecule has 1 aromatic rings. The summed E-state index contributed by atoms with van der Waals surface area (Å²) < 4.78 is 0. The largest absolute Gasteiger partial charge is 0.140 e. The molecular formula is C14H14S. The number of fused-ring (bicyclic) bond motifs is 3. The molecule has 2 aliphatic rings. The van der Waals surface area contributed by atoms with Crippen LogP contribution in [0.1, 0.15) is 34.2 Å². The van der Waals surface area contributed by atoms with Gasteiger partial charge in [-0.1, -0.05) is 30.4 Å². The zero-order valence-corrected chi connectivity index (χ0v) is 9.73. The predicted molar refractivity (Wildman–Crippen MR) is 68.2 cm³/mol. The van der Waals surface area contributed by atoms with Gasteiger partial charge in [0.05, 0.1) is 0 Å². The molecule has 0 saturated carbocycles. The first-order valence-corrected chi connectivity index (χ1v) is 6.33. The van der Waals surface area contributed by atoms with E-state index >= 15 is 0 Å². The van der Waals surface area contributed by atoms with Crippen molar-refractivity contribution >= 4 is 23.0 Å². The van der Waals surface area contributed by atoms with Gasteiger partial charge in [0.1, 0.15) is 0 Å². The van der Waals surface area contributed by atoms with Crippen LogP contribution in [0.5, 0.6) is 0 Å². The molecule has 15 heavy (non-hydrogen) atoms. The van der Waals surface area contributed by atoms with E-state index in [9.17, 15) is 0 Å². The summed E-state index contributed by atoms with van der Waals surface area (Å²) >= 11 is 2.00. The van der Waals surface area contributed by atoms with E-state index in [2.05, 4.69) is 37.3 Å². The maximum Gasteiger partial charge on any atom is 0.0343 e. The van der Waals surface area contributed by atoms with Crippen LogP contribution in [0.15, 0.2) is 24.3 Å². The van der Waals surface area contributed by atoms with Crippen molar-refractivity contribution in [3.05, 3.63) is 45.2 Å². The Morgan fingerprint density at radius 2 is 2.20 bits per heavy atom. The molecule has 0 bridgehead atoms. The van der Waals surface area contributed by atoms with E-state index in [0.717, 1.165) is 6.42 Å². The van der Waals surface area contributed by atoms with E-state index in [-0.39, 0.29) is 0 Å². The van der Waals surface area contributed by atoms with E-state index < -0.39 is 0 Å². The standard InChI is InChI=1S/C14H14S/c1-10-6-2-3-8-12-11-7-4-5-9-13(11)15-14(10)12/h2-4,6-7H,5,8-9H2,1H3. The third-order valence-corrected chi connectivity index (χ3v) is 4.55. The van der Waals surface area contributed by atoms with Gasteiger partial charge in [-0.15, -0.1) is 11.3 Å². The van der Waals surface area contributed by atoms with Crippen molar-refractivity contribution in [2.75, 3.05) is 0 Å². The fraction of sp³-hybridized carbons (Fsp3) is 0.286. The summed E-state index contributed by atoms with van der Waals surface area (Å²) in [5.41, 5.74) is 4.49. The van der Waals surface area contributed by atoms with Gasteiger partial charge in [0.25, 0.3) is 0 Å². The van der Waals surface area contributed by atoms with Gasteiger partial charge in [0.15, 0.2) is 0 Å². The van der Waals surface area contributed by atoms with Crippen LogP contribution in [0.25, 0.3) is 11.6 Å². The summed E-state index contributed by atoms with van der Waals surface area (Å²) in [6, 6.07) is 0. The highest BCUT2D eigenvalue weighted by atomic mass is 32.1. The molecule has 0 amide bonds. The zero-order valence-electron chi connectivity index (χ0n) is 8.92. The van der Waals surface area contributed by atoms with E-state index in [1.54, 1.807) is 10.4 Å². The molecular weight excluding hydrogens is 200 g/mol. The third-order valence-electron chi connectivity index (χ3n) is 3.11. The monoisotopic (exact) mass is 214 g/mol. The summed E-state index contributed by atoms with van der Waals surface area (Å²) in [6.45, 7) is 2.22. The second-order valence-corrected chi connectivity index (χ2v) is 5.27. The Morgan fingerprint density at radius 1 is 1.27 bits per heavy atom. The lowest BCUT2D eigenvalue weighted by atomic mass is 9.98. The maximum atomic E-state index is 2.32. The van der Waals surface area contributed by atoms with Crippen molar-refractivity contribution in [3.8, 4) is 0 Å². The predicted octanol–water partition coefficient (Wildman–Crippen LogP) is 4.22. The molecule has 0 aliphatic heterocycles.